The van der Waals surface area contributed by atoms with Gasteiger partial charge >= 0.3 is 0 Å². The molecule has 0 bridgehead atoms. The Morgan fingerprint density at radius 2 is 2.16 bits per heavy atom. The van der Waals surface area contributed by atoms with E-state index in [9.17, 15) is 4.79 Å². The van der Waals surface area contributed by atoms with Gasteiger partial charge in [-0.1, -0.05) is 12.1 Å². The molecule has 0 saturated carbocycles. The number of amides is 1. The van der Waals surface area contributed by atoms with Gasteiger partial charge in [-0.25, -0.2) is 0 Å². The Bertz CT molecular complexity index is 948. The lowest BCUT2D eigenvalue weighted by Crippen LogP contribution is -2.27. The molecule has 0 aliphatic heterocycles. The molecular weight excluding hydrogens is 316 g/mol. The molecule has 1 atom stereocenters. The quantitative estimate of drug-likeness (QED) is 0.792. The number of carbonyl (C=O) groups excluding carboxylic acids is 1. The molecule has 0 saturated heterocycles. The van der Waals surface area contributed by atoms with Crippen LogP contribution in [-0.2, 0) is 13.5 Å². The van der Waals surface area contributed by atoms with Crippen LogP contribution in [0.1, 0.15) is 39.6 Å². The lowest BCUT2D eigenvalue weighted by molar-refractivity contribution is 0.0936. The highest BCUT2D eigenvalue weighted by Crippen LogP contribution is 2.33. The fourth-order valence-electron chi connectivity index (χ4n) is 3.23. The minimum absolute atomic E-state index is 0.0276. The van der Waals surface area contributed by atoms with E-state index < -0.39 is 0 Å². The molecular formula is C18H18N6O. The van der Waals surface area contributed by atoms with Crippen molar-refractivity contribution in [3.63, 3.8) is 0 Å². The van der Waals surface area contributed by atoms with Gasteiger partial charge < -0.3 is 5.32 Å². The lowest BCUT2D eigenvalue weighted by atomic mass is 10.0. The largest absolute Gasteiger partial charge is 0.345 e. The topological polar surface area (TPSA) is 85.6 Å². The van der Waals surface area contributed by atoms with Gasteiger partial charge in [0.2, 0.25) is 5.82 Å². The van der Waals surface area contributed by atoms with Crippen molar-refractivity contribution in [1.82, 2.24) is 30.5 Å². The molecule has 1 aliphatic rings. The number of benzene rings is 1. The lowest BCUT2D eigenvalue weighted by Gasteiger charge is -2.14. The van der Waals surface area contributed by atoms with E-state index >= 15 is 0 Å². The maximum absolute atomic E-state index is 12.5. The summed E-state index contributed by atoms with van der Waals surface area (Å²) < 4.78 is 0. The molecule has 126 valence electrons. The van der Waals surface area contributed by atoms with Gasteiger partial charge in [-0.2, -0.15) is 4.80 Å². The van der Waals surface area contributed by atoms with Gasteiger partial charge in [-0.05, 0) is 54.3 Å². The van der Waals surface area contributed by atoms with Crippen molar-refractivity contribution in [2.75, 3.05) is 0 Å². The molecule has 1 aromatic carbocycles. The third-order valence-electron chi connectivity index (χ3n) is 4.45. The van der Waals surface area contributed by atoms with Crippen LogP contribution in [-0.4, -0.2) is 31.1 Å². The summed E-state index contributed by atoms with van der Waals surface area (Å²) in [7, 11) is 1.75. The molecule has 4 rings (SSSR count). The summed E-state index contributed by atoms with van der Waals surface area (Å²) in [6, 6.07) is 9.69. The van der Waals surface area contributed by atoms with E-state index in [1.807, 2.05) is 13.0 Å². The summed E-state index contributed by atoms with van der Waals surface area (Å²) >= 11 is 0. The van der Waals surface area contributed by atoms with Crippen LogP contribution in [0.3, 0.4) is 0 Å². The van der Waals surface area contributed by atoms with Crippen LogP contribution in [0.5, 0.6) is 0 Å². The Morgan fingerprint density at radius 1 is 1.28 bits per heavy atom. The summed E-state index contributed by atoms with van der Waals surface area (Å²) in [5, 5.41) is 15.3. The third kappa shape index (κ3) is 3.00. The predicted molar refractivity (Wildman–Crippen MR) is 91.7 cm³/mol. The maximum Gasteiger partial charge on any atom is 0.251 e. The van der Waals surface area contributed by atoms with Crippen molar-refractivity contribution in [3.05, 3.63) is 58.9 Å². The fraction of sp³-hybridized carbons (Fsp3) is 0.278. The number of hydrogen-bond donors (Lipinski definition) is 1. The summed E-state index contributed by atoms with van der Waals surface area (Å²) in [6.45, 7) is 1.88. The van der Waals surface area contributed by atoms with Crippen LogP contribution in [0.15, 0.2) is 36.5 Å². The molecule has 2 heterocycles. The smallest absolute Gasteiger partial charge is 0.251 e. The van der Waals surface area contributed by atoms with Crippen molar-refractivity contribution in [2.24, 2.45) is 7.05 Å². The standard InChI is InChI=1S/C18H18N6O/c1-11-9-14(7-8-19-11)18(25)20-16-6-4-12-10-13(3-5-15(12)16)17-21-23-24(2)22-17/h3,5,7-10,16H,4,6H2,1-2H3,(H,20,25)/t16-/m0/s1. The molecule has 7 nitrogen and oxygen atoms in total. The zero-order chi connectivity index (χ0) is 17.4. The van der Waals surface area contributed by atoms with Crippen LogP contribution in [0.4, 0.5) is 0 Å². The molecule has 1 amide bonds. The average molecular weight is 334 g/mol. The molecule has 0 unspecified atom stereocenters. The Morgan fingerprint density at radius 3 is 2.92 bits per heavy atom. The normalized spacial score (nSPS) is 15.8. The average Bonchev–Trinajstić information content (AvgIpc) is 3.21. The fourth-order valence-corrected chi connectivity index (χ4v) is 3.23. The Hall–Kier alpha value is -3.09. The van der Waals surface area contributed by atoms with Crippen molar-refractivity contribution in [3.8, 4) is 11.4 Å². The summed E-state index contributed by atoms with van der Waals surface area (Å²) in [5.74, 6) is 0.549. The number of aryl methyl sites for hydroxylation is 3. The van der Waals surface area contributed by atoms with E-state index in [-0.39, 0.29) is 11.9 Å². The molecule has 3 aromatic rings. The summed E-state index contributed by atoms with van der Waals surface area (Å²) in [6.07, 6.45) is 3.47. The second-order valence-electron chi connectivity index (χ2n) is 6.27. The van der Waals surface area contributed by atoms with E-state index in [1.54, 1.807) is 25.4 Å². The maximum atomic E-state index is 12.5. The van der Waals surface area contributed by atoms with Crippen LogP contribution in [0.2, 0.25) is 0 Å². The molecule has 1 N–H and O–H groups in total. The van der Waals surface area contributed by atoms with Crippen LogP contribution in [0, 0.1) is 6.92 Å². The van der Waals surface area contributed by atoms with Gasteiger partial charge in [0, 0.05) is 23.0 Å². The molecule has 2 aromatic heterocycles. The number of carbonyl (C=O) groups is 1. The summed E-state index contributed by atoms with van der Waals surface area (Å²) in [4.78, 5) is 18.1. The molecule has 0 spiro atoms. The number of nitrogens with one attached hydrogen (secondary N) is 1. The first-order valence-corrected chi connectivity index (χ1v) is 8.21. The first kappa shape index (κ1) is 15.4. The number of rotatable bonds is 3. The van der Waals surface area contributed by atoms with Crippen LogP contribution >= 0.6 is 0 Å². The predicted octanol–water partition coefficient (Wildman–Crippen LogP) is 2.00. The third-order valence-corrected chi connectivity index (χ3v) is 4.45. The molecule has 7 heteroatoms. The Balaban J connectivity index is 1.55. The van der Waals surface area contributed by atoms with E-state index in [0.29, 0.717) is 11.4 Å². The van der Waals surface area contributed by atoms with E-state index in [4.69, 9.17) is 0 Å². The van der Waals surface area contributed by atoms with Crippen molar-refractivity contribution >= 4 is 5.91 Å². The number of tetrazole rings is 1. The number of hydrogen-bond acceptors (Lipinski definition) is 5. The second kappa shape index (κ2) is 6.08. The second-order valence-corrected chi connectivity index (χ2v) is 6.27. The molecule has 1 aliphatic carbocycles. The van der Waals surface area contributed by atoms with Crippen molar-refractivity contribution < 1.29 is 4.79 Å². The molecule has 25 heavy (non-hydrogen) atoms. The van der Waals surface area contributed by atoms with Crippen molar-refractivity contribution in [2.45, 2.75) is 25.8 Å². The van der Waals surface area contributed by atoms with Gasteiger partial charge in [-0.15, -0.1) is 10.2 Å². The molecule has 0 fully saturated rings. The monoisotopic (exact) mass is 334 g/mol. The van der Waals surface area contributed by atoms with Crippen molar-refractivity contribution in [1.29, 1.82) is 0 Å². The van der Waals surface area contributed by atoms with E-state index in [0.717, 1.165) is 29.7 Å². The first-order valence-electron chi connectivity index (χ1n) is 8.21. The zero-order valence-electron chi connectivity index (χ0n) is 14.1. The highest BCUT2D eigenvalue weighted by molar-refractivity contribution is 5.94. The van der Waals surface area contributed by atoms with Crippen LogP contribution in [0.25, 0.3) is 11.4 Å². The first-order chi connectivity index (χ1) is 12.1. The minimum Gasteiger partial charge on any atom is -0.345 e. The number of nitrogens with zero attached hydrogens (tertiary/aromatic N) is 5. The highest BCUT2D eigenvalue weighted by atomic mass is 16.1. The SMILES string of the molecule is Cc1cc(C(=O)N[C@H]2CCc3cc(-c4nnn(C)n4)ccc32)ccn1. The zero-order valence-corrected chi connectivity index (χ0v) is 14.1. The van der Waals surface area contributed by atoms with Crippen LogP contribution < -0.4 is 5.32 Å². The Labute approximate surface area is 145 Å². The molecule has 0 radical (unpaired) electrons. The number of pyridine rings is 1. The van der Waals surface area contributed by atoms with Gasteiger partial charge in [0.25, 0.3) is 5.91 Å². The van der Waals surface area contributed by atoms with E-state index in [1.165, 1.54) is 10.4 Å². The van der Waals surface area contributed by atoms with Gasteiger partial charge in [0.05, 0.1) is 13.1 Å². The summed E-state index contributed by atoms with van der Waals surface area (Å²) in [5.41, 5.74) is 4.80. The number of fused-ring (bicyclic) bond motifs is 1. The van der Waals surface area contributed by atoms with E-state index in [2.05, 4.69) is 37.8 Å². The van der Waals surface area contributed by atoms with Gasteiger partial charge in [0.1, 0.15) is 0 Å². The Kier molecular flexibility index (Phi) is 3.76. The minimum atomic E-state index is -0.0666. The highest BCUT2D eigenvalue weighted by Gasteiger charge is 2.25. The number of aromatic nitrogens is 5. The van der Waals surface area contributed by atoms with Gasteiger partial charge in [0.15, 0.2) is 0 Å². The van der Waals surface area contributed by atoms with Gasteiger partial charge in [-0.3, -0.25) is 9.78 Å².